The van der Waals surface area contributed by atoms with Crippen molar-refractivity contribution in [2.24, 2.45) is 0 Å². The van der Waals surface area contributed by atoms with Crippen LogP contribution in [0, 0.1) is 0 Å². The number of ketones is 1. The number of carbonyl (C=O) groups is 1. The fourth-order valence-corrected chi connectivity index (χ4v) is 2.36. The first-order valence-corrected chi connectivity index (χ1v) is 9.56. The zero-order valence-corrected chi connectivity index (χ0v) is 16.5. The predicted octanol–water partition coefficient (Wildman–Crippen LogP) is 1.74. The molecule has 0 saturated heterocycles. The van der Waals surface area contributed by atoms with Crippen molar-refractivity contribution < 1.29 is 38.0 Å². The molecule has 158 valence electrons. The van der Waals surface area contributed by atoms with Crippen molar-refractivity contribution in [3.63, 3.8) is 0 Å². The van der Waals surface area contributed by atoms with Gasteiger partial charge in [0, 0.05) is 5.56 Å². The average molecular weight is 398 g/mol. The molecular formula is C20H30O8. The molecule has 0 saturated carbocycles. The number of hydrogen-bond acceptors (Lipinski definition) is 8. The van der Waals surface area contributed by atoms with E-state index in [-0.39, 0.29) is 5.78 Å². The van der Waals surface area contributed by atoms with Crippen LogP contribution in [0.25, 0.3) is 0 Å². The Morgan fingerprint density at radius 2 is 1.00 bits per heavy atom. The van der Waals surface area contributed by atoms with Gasteiger partial charge in [-0.25, -0.2) is 0 Å². The van der Waals surface area contributed by atoms with E-state index in [2.05, 4.69) is 0 Å². The van der Waals surface area contributed by atoms with E-state index >= 15 is 0 Å². The summed E-state index contributed by atoms with van der Waals surface area (Å²) in [6.45, 7) is 7.09. The third kappa shape index (κ3) is 9.48. The van der Waals surface area contributed by atoms with E-state index in [4.69, 9.17) is 33.2 Å². The molecule has 0 N–H and O–H groups in total. The van der Waals surface area contributed by atoms with Crippen LogP contribution in [0.3, 0.4) is 0 Å². The van der Waals surface area contributed by atoms with E-state index in [0.717, 1.165) is 0 Å². The number of hydrogen-bond donors (Lipinski definition) is 0. The molecule has 0 unspecified atom stereocenters. The van der Waals surface area contributed by atoms with Crippen LogP contribution in [0.4, 0.5) is 0 Å². The molecule has 0 aromatic heterocycles. The third-order valence-corrected chi connectivity index (χ3v) is 3.81. The highest BCUT2D eigenvalue weighted by atomic mass is 16.6. The van der Waals surface area contributed by atoms with Gasteiger partial charge in [-0.3, -0.25) is 4.79 Å². The molecule has 0 radical (unpaired) electrons. The lowest BCUT2D eigenvalue weighted by Gasteiger charge is -2.14. The van der Waals surface area contributed by atoms with Crippen molar-refractivity contribution in [2.45, 2.75) is 6.92 Å². The molecule has 1 heterocycles. The molecule has 8 heteroatoms. The Bertz CT molecular complexity index is 563. The Morgan fingerprint density at radius 3 is 1.43 bits per heavy atom. The molecule has 0 bridgehead atoms. The van der Waals surface area contributed by atoms with Crippen LogP contribution in [0.5, 0.6) is 11.5 Å². The van der Waals surface area contributed by atoms with Gasteiger partial charge < -0.3 is 33.2 Å². The van der Waals surface area contributed by atoms with Gasteiger partial charge in [0.2, 0.25) is 0 Å². The summed E-state index contributed by atoms with van der Waals surface area (Å²) in [7, 11) is 0. The SMILES string of the molecule is CC(=O)c1ccc2c(c1)OCCOCCOCCOCCOCCOCCO2. The molecule has 8 nitrogen and oxygen atoms in total. The van der Waals surface area contributed by atoms with Crippen LogP contribution in [-0.2, 0) is 23.7 Å². The van der Waals surface area contributed by atoms with Gasteiger partial charge in [0.1, 0.15) is 13.2 Å². The van der Waals surface area contributed by atoms with Crippen LogP contribution in [-0.4, -0.2) is 85.1 Å². The molecule has 2 rings (SSSR count). The highest BCUT2D eigenvalue weighted by Gasteiger charge is 2.10. The van der Waals surface area contributed by atoms with Gasteiger partial charge in [0.05, 0.1) is 66.1 Å². The summed E-state index contributed by atoms with van der Waals surface area (Å²) in [6.07, 6.45) is 0. The summed E-state index contributed by atoms with van der Waals surface area (Å²) in [5.74, 6) is 1.05. The Hall–Kier alpha value is -1.71. The first kappa shape index (κ1) is 22.6. The van der Waals surface area contributed by atoms with Gasteiger partial charge in [-0.15, -0.1) is 0 Å². The second-order valence-electron chi connectivity index (χ2n) is 5.98. The number of benzene rings is 1. The van der Waals surface area contributed by atoms with E-state index in [1.54, 1.807) is 18.2 Å². The van der Waals surface area contributed by atoms with Crippen LogP contribution in [0.1, 0.15) is 17.3 Å². The highest BCUT2D eigenvalue weighted by molar-refractivity contribution is 5.94. The Kier molecular flexibility index (Phi) is 11.5. The van der Waals surface area contributed by atoms with Crippen LogP contribution < -0.4 is 9.47 Å². The summed E-state index contributed by atoms with van der Waals surface area (Å²) in [4.78, 5) is 11.6. The Labute approximate surface area is 165 Å². The molecule has 1 aliphatic rings. The second-order valence-corrected chi connectivity index (χ2v) is 5.98. The van der Waals surface area contributed by atoms with Gasteiger partial charge >= 0.3 is 0 Å². The minimum atomic E-state index is -0.0329. The summed E-state index contributed by atoms with van der Waals surface area (Å²) in [5, 5.41) is 0. The number of carbonyl (C=O) groups excluding carboxylic acids is 1. The van der Waals surface area contributed by atoms with Gasteiger partial charge in [-0.1, -0.05) is 0 Å². The molecule has 1 aliphatic heterocycles. The zero-order chi connectivity index (χ0) is 19.9. The smallest absolute Gasteiger partial charge is 0.162 e. The lowest BCUT2D eigenvalue weighted by Crippen LogP contribution is -2.14. The van der Waals surface area contributed by atoms with Crippen molar-refractivity contribution in [3.8, 4) is 11.5 Å². The maximum atomic E-state index is 11.6. The normalized spacial score (nSPS) is 19.3. The summed E-state index contributed by atoms with van der Waals surface area (Å²) >= 11 is 0. The molecule has 0 aliphatic carbocycles. The molecule has 1 aromatic rings. The zero-order valence-electron chi connectivity index (χ0n) is 16.5. The van der Waals surface area contributed by atoms with E-state index < -0.39 is 0 Å². The quantitative estimate of drug-likeness (QED) is 0.662. The second kappa shape index (κ2) is 14.3. The molecule has 1 aromatic carbocycles. The fourth-order valence-electron chi connectivity index (χ4n) is 2.36. The van der Waals surface area contributed by atoms with E-state index in [0.29, 0.717) is 96.3 Å². The summed E-state index contributed by atoms with van der Waals surface area (Å²) in [5.41, 5.74) is 0.567. The lowest BCUT2D eigenvalue weighted by molar-refractivity contribution is -0.0134. The maximum absolute atomic E-state index is 11.6. The number of ether oxygens (including phenoxy) is 7. The molecule has 0 fully saturated rings. The molecule has 0 amide bonds. The molecule has 28 heavy (non-hydrogen) atoms. The standard InChI is InChI=1S/C20H30O8/c1-17(21)18-2-3-19-20(16-18)28-15-13-26-11-9-24-7-5-22-4-6-23-8-10-25-12-14-27-19/h2-3,16H,4-15H2,1H3. The third-order valence-electron chi connectivity index (χ3n) is 3.81. The summed E-state index contributed by atoms with van der Waals surface area (Å²) in [6, 6.07) is 5.14. The van der Waals surface area contributed by atoms with E-state index in [1.165, 1.54) is 6.92 Å². The van der Waals surface area contributed by atoms with Crippen molar-refractivity contribution in [3.05, 3.63) is 23.8 Å². The molecular weight excluding hydrogens is 368 g/mol. The Balaban J connectivity index is 1.86. The number of rotatable bonds is 1. The lowest BCUT2D eigenvalue weighted by atomic mass is 10.1. The Morgan fingerprint density at radius 1 is 0.607 bits per heavy atom. The number of Topliss-reactive ketones (excluding diaryl/α,β-unsaturated/α-hetero) is 1. The highest BCUT2D eigenvalue weighted by Crippen LogP contribution is 2.28. The minimum absolute atomic E-state index is 0.0329. The maximum Gasteiger partial charge on any atom is 0.162 e. The molecule has 0 spiro atoms. The van der Waals surface area contributed by atoms with Crippen molar-refractivity contribution in [2.75, 3.05) is 79.3 Å². The minimum Gasteiger partial charge on any atom is -0.487 e. The monoisotopic (exact) mass is 398 g/mol. The van der Waals surface area contributed by atoms with E-state index in [1.807, 2.05) is 0 Å². The van der Waals surface area contributed by atoms with Crippen molar-refractivity contribution in [1.29, 1.82) is 0 Å². The van der Waals surface area contributed by atoms with Crippen molar-refractivity contribution in [1.82, 2.24) is 0 Å². The van der Waals surface area contributed by atoms with Crippen LogP contribution >= 0.6 is 0 Å². The first-order valence-electron chi connectivity index (χ1n) is 9.56. The van der Waals surface area contributed by atoms with Crippen molar-refractivity contribution >= 4 is 5.78 Å². The topological polar surface area (TPSA) is 81.7 Å². The van der Waals surface area contributed by atoms with Gasteiger partial charge in [0.15, 0.2) is 17.3 Å². The first-order chi connectivity index (χ1) is 13.8. The largest absolute Gasteiger partial charge is 0.487 e. The number of fused-ring (bicyclic) bond motifs is 1. The molecule has 0 atom stereocenters. The fraction of sp³-hybridized carbons (Fsp3) is 0.650. The van der Waals surface area contributed by atoms with Crippen LogP contribution in [0.2, 0.25) is 0 Å². The average Bonchev–Trinajstić information content (AvgIpc) is 2.69. The predicted molar refractivity (Wildman–Crippen MR) is 102 cm³/mol. The van der Waals surface area contributed by atoms with Gasteiger partial charge in [-0.2, -0.15) is 0 Å². The van der Waals surface area contributed by atoms with Crippen LogP contribution in [0.15, 0.2) is 18.2 Å². The van der Waals surface area contributed by atoms with E-state index in [9.17, 15) is 4.79 Å². The van der Waals surface area contributed by atoms with Gasteiger partial charge in [-0.05, 0) is 25.1 Å². The summed E-state index contributed by atoms with van der Waals surface area (Å²) < 4.78 is 38.7. The van der Waals surface area contributed by atoms with Gasteiger partial charge in [0.25, 0.3) is 0 Å².